The van der Waals surface area contributed by atoms with E-state index in [0.717, 1.165) is 11.8 Å². The second kappa shape index (κ2) is 7.18. The van der Waals surface area contributed by atoms with Gasteiger partial charge in [0.05, 0.1) is 24.8 Å². The Kier molecular flexibility index (Phi) is 4.80. The Morgan fingerprint density at radius 1 is 1.28 bits per heavy atom. The fraction of sp³-hybridized carbons (Fsp3) is 0.133. The first kappa shape index (κ1) is 16.7. The lowest BCUT2D eigenvalue weighted by Crippen LogP contribution is -2.15. The first-order valence-corrected chi connectivity index (χ1v) is 8.10. The number of benzene rings is 1. The van der Waals surface area contributed by atoms with Crippen LogP contribution in [-0.2, 0) is 9.53 Å². The van der Waals surface area contributed by atoms with Gasteiger partial charge in [-0.25, -0.2) is 14.8 Å². The number of imidazole rings is 1. The summed E-state index contributed by atoms with van der Waals surface area (Å²) in [5.41, 5.74) is 1.18. The molecule has 0 aliphatic heterocycles. The number of nitrogens with one attached hydrogen (secondary N) is 3. The molecule has 0 spiro atoms. The minimum absolute atomic E-state index is 0.0532. The molecule has 0 saturated carbocycles. The third-order valence-corrected chi connectivity index (χ3v) is 4.08. The van der Waals surface area contributed by atoms with E-state index in [-0.39, 0.29) is 17.2 Å². The first-order chi connectivity index (χ1) is 12.1. The van der Waals surface area contributed by atoms with Crippen LogP contribution < -0.4 is 10.9 Å². The highest BCUT2D eigenvalue weighted by molar-refractivity contribution is 7.99. The Balaban J connectivity index is 1.60. The van der Waals surface area contributed by atoms with E-state index in [1.807, 2.05) is 0 Å². The van der Waals surface area contributed by atoms with Gasteiger partial charge in [-0.1, -0.05) is 11.8 Å². The number of esters is 1. The average Bonchev–Trinajstić information content (AvgIpc) is 3.09. The van der Waals surface area contributed by atoms with Gasteiger partial charge in [-0.15, -0.1) is 0 Å². The van der Waals surface area contributed by atoms with Crippen LogP contribution in [0.4, 0.5) is 5.69 Å². The Labute approximate surface area is 145 Å². The minimum atomic E-state index is -0.447. The van der Waals surface area contributed by atoms with Crippen LogP contribution >= 0.6 is 11.8 Å². The van der Waals surface area contributed by atoms with Crippen molar-refractivity contribution >= 4 is 40.5 Å². The van der Waals surface area contributed by atoms with E-state index in [1.165, 1.54) is 13.4 Å². The lowest BCUT2D eigenvalue weighted by atomic mass is 10.2. The van der Waals surface area contributed by atoms with Crippen LogP contribution in [0.15, 0.2) is 40.5 Å². The Hall–Kier alpha value is -3.14. The number of methoxy groups -OCH3 is 1. The molecule has 10 heteroatoms. The number of anilines is 1. The first-order valence-electron chi connectivity index (χ1n) is 7.11. The number of fused-ring (bicyclic) bond motifs is 1. The monoisotopic (exact) mass is 359 g/mol. The number of ether oxygens (including phenoxy) is 1. The highest BCUT2D eigenvalue weighted by Gasteiger charge is 2.10. The molecular weight excluding hydrogens is 346 g/mol. The summed E-state index contributed by atoms with van der Waals surface area (Å²) in [5, 5.41) is 3.00. The SMILES string of the molecule is COC(=O)c1ccc(NC(=O)CSc2nc3nc[nH]c3c(=O)[nH]2)cc1. The van der Waals surface area contributed by atoms with Crippen LogP contribution in [0.25, 0.3) is 11.2 Å². The third kappa shape index (κ3) is 3.86. The normalized spacial score (nSPS) is 10.6. The summed E-state index contributed by atoms with van der Waals surface area (Å²) in [6, 6.07) is 6.31. The van der Waals surface area contributed by atoms with E-state index in [1.54, 1.807) is 24.3 Å². The van der Waals surface area contributed by atoms with Crippen molar-refractivity contribution in [2.45, 2.75) is 5.16 Å². The summed E-state index contributed by atoms with van der Waals surface area (Å²) in [7, 11) is 1.30. The molecule has 128 valence electrons. The maximum absolute atomic E-state index is 12.0. The van der Waals surface area contributed by atoms with E-state index in [0.29, 0.717) is 27.6 Å². The maximum atomic E-state index is 12.0. The van der Waals surface area contributed by atoms with Gasteiger partial charge in [-0.3, -0.25) is 14.6 Å². The molecule has 0 aliphatic carbocycles. The molecule has 9 nitrogen and oxygen atoms in total. The van der Waals surface area contributed by atoms with Crippen LogP contribution in [0, 0.1) is 0 Å². The molecule has 0 bridgehead atoms. The number of carbonyl (C=O) groups excluding carboxylic acids is 2. The lowest BCUT2D eigenvalue weighted by molar-refractivity contribution is -0.113. The highest BCUT2D eigenvalue weighted by atomic mass is 32.2. The fourth-order valence-corrected chi connectivity index (χ4v) is 2.69. The smallest absolute Gasteiger partial charge is 0.337 e. The average molecular weight is 359 g/mol. The van der Waals surface area contributed by atoms with Crippen molar-refractivity contribution in [3.8, 4) is 0 Å². The van der Waals surface area contributed by atoms with Crippen molar-refractivity contribution in [1.82, 2.24) is 19.9 Å². The molecule has 1 amide bonds. The molecule has 2 aromatic heterocycles. The van der Waals surface area contributed by atoms with E-state index in [2.05, 4.69) is 30.0 Å². The molecule has 0 radical (unpaired) electrons. The molecule has 3 rings (SSSR count). The second-order valence-corrected chi connectivity index (χ2v) is 5.84. The predicted molar refractivity (Wildman–Crippen MR) is 91.6 cm³/mol. The number of aromatic nitrogens is 4. The molecule has 0 aliphatic rings. The van der Waals surface area contributed by atoms with Crippen molar-refractivity contribution in [2.24, 2.45) is 0 Å². The van der Waals surface area contributed by atoms with E-state index >= 15 is 0 Å². The van der Waals surface area contributed by atoms with Gasteiger partial charge in [-0.2, -0.15) is 0 Å². The number of amides is 1. The predicted octanol–water partition coefficient (Wildman–Crippen LogP) is 1.16. The quantitative estimate of drug-likeness (QED) is 0.354. The summed E-state index contributed by atoms with van der Waals surface area (Å²) in [6.07, 6.45) is 1.38. The van der Waals surface area contributed by atoms with Gasteiger partial charge < -0.3 is 15.0 Å². The highest BCUT2D eigenvalue weighted by Crippen LogP contribution is 2.15. The topological polar surface area (TPSA) is 130 Å². The van der Waals surface area contributed by atoms with Crippen molar-refractivity contribution in [3.05, 3.63) is 46.5 Å². The van der Waals surface area contributed by atoms with Gasteiger partial charge in [0.15, 0.2) is 16.3 Å². The van der Waals surface area contributed by atoms with Crippen molar-refractivity contribution in [3.63, 3.8) is 0 Å². The third-order valence-electron chi connectivity index (χ3n) is 3.20. The van der Waals surface area contributed by atoms with E-state index in [9.17, 15) is 14.4 Å². The standard InChI is InChI=1S/C15H13N5O4S/c1-24-14(23)8-2-4-9(5-3-8)18-10(21)6-25-15-19-12-11(13(22)20-15)16-7-17-12/h2-5,7H,6H2,1H3,(H,18,21)(H2,16,17,19,20,22). The molecule has 0 fully saturated rings. The van der Waals surface area contributed by atoms with Crippen LogP contribution in [0.2, 0.25) is 0 Å². The molecule has 2 heterocycles. The summed E-state index contributed by atoms with van der Waals surface area (Å²) in [5.74, 6) is -0.671. The molecule has 0 unspecified atom stereocenters. The largest absolute Gasteiger partial charge is 0.465 e. The molecule has 3 N–H and O–H groups in total. The van der Waals surface area contributed by atoms with Gasteiger partial charge in [0.2, 0.25) is 5.91 Å². The van der Waals surface area contributed by atoms with Crippen molar-refractivity contribution in [2.75, 3.05) is 18.2 Å². The number of rotatable bonds is 5. The van der Waals surface area contributed by atoms with E-state index < -0.39 is 5.97 Å². The zero-order valence-electron chi connectivity index (χ0n) is 13.0. The van der Waals surface area contributed by atoms with Crippen molar-refractivity contribution < 1.29 is 14.3 Å². The number of H-pyrrole nitrogens is 2. The summed E-state index contributed by atoms with van der Waals surface area (Å²) in [4.78, 5) is 48.5. The van der Waals surface area contributed by atoms with Crippen LogP contribution in [0.5, 0.6) is 0 Å². The van der Waals surface area contributed by atoms with Gasteiger partial charge in [0.25, 0.3) is 5.56 Å². The number of thioether (sulfide) groups is 1. The second-order valence-electron chi connectivity index (χ2n) is 4.88. The molecule has 1 aromatic carbocycles. The van der Waals surface area contributed by atoms with E-state index in [4.69, 9.17) is 0 Å². The Morgan fingerprint density at radius 2 is 2.04 bits per heavy atom. The molecule has 0 atom stereocenters. The molecular formula is C15H13N5O4S. The number of aromatic amines is 2. The van der Waals surface area contributed by atoms with Gasteiger partial charge >= 0.3 is 5.97 Å². The fourth-order valence-electron chi connectivity index (χ4n) is 2.03. The Morgan fingerprint density at radius 3 is 2.76 bits per heavy atom. The zero-order chi connectivity index (χ0) is 17.8. The van der Waals surface area contributed by atoms with Crippen LogP contribution in [0.1, 0.15) is 10.4 Å². The molecule has 0 saturated heterocycles. The number of nitrogens with zero attached hydrogens (tertiary/aromatic N) is 2. The number of hydrogen-bond donors (Lipinski definition) is 3. The van der Waals surface area contributed by atoms with Crippen LogP contribution in [0.3, 0.4) is 0 Å². The van der Waals surface area contributed by atoms with Gasteiger partial charge in [-0.05, 0) is 24.3 Å². The lowest BCUT2D eigenvalue weighted by Gasteiger charge is -2.06. The molecule has 3 aromatic rings. The Bertz CT molecular complexity index is 980. The van der Waals surface area contributed by atoms with Gasteiger partial charge in [0.1, 0.15) is 0 Å². The minimum Gasteiger partial charge on any atom is -0.465 e. The van der Waals surface area contributed by atoms with Gasteiger partial charge in [0, 0.05) is 5.69 Å². The van der Waals surface area contributed by atoms with Crippen molar-refractivity contribution in [1.29, 1.82) is 0 Å². The maximum Gasteiger partial charge on any atom is 0.337 e. The number of hydrogen-bond acceptors (Lipinski definition) is 7. The summed E-state index contributed by atoms with van der Waals surface area (Å²) < 4.78 is 4.61. The number of carbonyl (C=O) groups is 2. The summed E-state index contributed by atoms with van der Waals surface area (Å²) >= 11 is 1.09. The van der Waals surface area contributed by atoms with Crippen LogP contribution in [-0.4, -0.2) is 44.7 Å². The molecule has 25 heavy (non-hydrogen) atoms. The zero-order valence-corrected chi connectivity index (χ0v) is 13.8. The summed E-state index contributed by atoms with van der Waals surface area (Å²) in [6.45, 7) is 0.